The summed E-state index contributed by atoms with van der Waals surface area (Å²) in [7, 11) is 1.53. The first-order valence-corrected chi connectivity index (χ1v) is 11.1. The first-order valence-electron chi connectivity index (χ1n) is 11.1. The molecular formula is C24H27FN4O4. The van der Waals surface area contributed by atoms with E-state index in [4.69, 9.17) is 4.74 Å². The number of aromatic nitrogens is 1. The lowest BCUT2D eigenvalue weighted by molar-refractivity contribution is -0.132. The number of fused-ring (bicyclic) bond motifs is 1. The van der Waals surface area contributed by atoms with Crippen LogP contribution in [0.15, 0.2) is 41.5 Å². The number of hydrogen-bond donors (Lipinski definition) is 2. The fraction of sp³-hybridized carbons (Fsp3) is 0.417. The Bertz CT molecular complexity index is 1050. The molecule has 1 atom stereocenters. The minimum absolute atomic E-state index is 0.0476. The fourth-order valence-electron chi connectivity index (χ4n) is 4.23. The van der Waals surface area contributed by atoms with Crippen molar-refractivity contribution in [3.63, 3.8) is 0 Å². The van der Waals surface area contributed by atoms with E-state index < -0.39 is 12.0 Å². The van der Waals surface area contributed by atoms with Gasteiger partial charge in [-0.25, -0.2) is 14.4 Å². The molecule has 1 aromatic carbocycles. The molecule has 1 aromatic heterocycles. The van der Waals surface area contributed by atoms with E-state index in [0.29, 0.717) is 73.7 Å². The van der Waals surface area contributed by atoms with Crippen molar-refractivity contribution in [1.29, 1.82) is 0 Å². The average molecular weight is 455 g/mol. The van der Waals surface area contributed by atoms with Crippen LogP contribution >= 0.6 is 0 Å². The number of aliphatic imine (C=N–C) groups is 1. The number of piperidine rings is 1. The summed E-state index contributed by atoms with van der Waals surface area (Å²) < 4.78 is 18.4. The zero-order valence-corrected chi connectivity index (χ0v) is 18.5. The summed E-state index contributed by atoms with van der Waals surface area (Å²) in [6.07, 6.45) is 3.11. The highest BCUT2D eigenvalue weighted by Crippen LogP contribution is 2.29. The number of amides is 1. The van der Waals surface area contributed by atoms with Gasteiger partial charge in [0.05, 0.1) is 7.11 Å². The van der Waals surface area contributed by atoms with Crippen LogP contribution in [0, 0.1) is 11.7 Å². The van der Waals surface area contributed by atoms with Crippen molar-refractivity contribution < 1.29 is 23.8 Å². The van der Waals surface area contributed by atoms with Gasteiger partial charge in [-0.1, -0.05) is 0 Å². The number of amidine groups is 1. The maximum absolute atomic E-state index is 13.4. The van der Waals surface area contributed by atoms with Gasteiger partial charge in [0.15, 0.2) is 12.0 Å². The third kappa shape index (κ3) is 5.36. The van der Waals surface area contributed by atoms with Gasteiger partial charge in [0.1, 0.15) is 11.7 Å². The van der Waals surface area contributed by atoms with Crippen LogP contribution in [-0.2, 0) is 4.79 Å². The molecule has 33 heavy (non-hydrogen) atoms. The number of Topliss-reactive ketones (excluding diaryl/α,β-unsaturated/α-hetero) is 1. The molecule has 1 fully saturated rings. The number of ether oxygens (including phenoxy) is 1. The Hall–Kier alpha value is -3.33. The number of carbonyl (C=O) groups excluding carboxylic acids is 2. The summed E-state index contributed by atoms with van der Waals surface area (Å²) >= 11 is 0. The standard InChI is InChI=1S/C24H27FN4O4/c1-33-21-8-5-16(14-26-21)23(31)15-9-11-29(12-10-15)22(30)4-2-3-20-27-19-7-6-17(25)13-18(19)24(32)28-20/h5-8,13-15,24,32H,2-4,9-12H2,1H3,(H,27,28). The van der Waals surface area contributed by atoms with Crippen LogP contribution in [0.5, 0.6) is 5.88 Å². The van der Waals surface area contributed by atoms with Gasteiger partial charge in [-0.3, -0.25) is 9.59 Å². The molecular weight excluding hydrogens is 427 g/mol. The zero-order chi connectivity index (χ0) is 23.4. The van der Waals surface area contributed by atoms with Crippen LogP contribution in [0.2, 0.25) is 0 Å². The molecule has 0 aliphatic carbocycles. The van der Waals surface area contributed by atoms with Crippen molar-refractivity contribution in [2.45, 2.75) is 38.3 Å². The molecule has 174 valence electrons. The Morgan fingerprint density at radius 2 is 2.03 bits per heavy atom. The van der Waals surface area contributed by atoms with Crippen molar-refractivity contribution in [2.75, 3.05) is 25.5 Å². The maximum Gasteiger partial charge on any atom is 0.222 e. The number of benzene rings is 1. The van der Waals surface area contributed by atoms with Gasteiger partial charge in [0.2, 0.25) is 11.8 Å². The largest absolute Gasteiger partial charge is 0.481 e. The second-order valence-corrected chi connectivity index (χ2v) is 8.27. The Kier molecular flexibility index (Phi) is 6.98. The molecule has 2 aliphatic heterocycles. The van der Waals surface area contributed by atoms with Crippen molar-refractivity contribution in [2.24, 2.45) is 10.9 Å². The normalized spacial score (nSPS) is 18.2. The molecule has 8 nitrogen and oxygen atoms in total. The smallest absolute Gasteiger partial charge is 0.222 e. The number of aliphatic hydroxyl groups excluding tert-OH is 1. The number of nitrogens with one attached hydrogen (secondary N) is 1. The number of rotatable bonds is 7. The third-order valence-electron chi connectivity index (χ3n) is 6.10. The number of nitrogens with zero attached hydrogens (tertiary/aromatic N) is 3. The molecule has 1 unspecified atom stereocenters. The predicted octanol–water partition coefficient (Wildman–Crippen LogP) is 3.34. The first-order chi connectivity index (χ1) is 15.9. The first kappa shape index (κ1) is 22.8. The lowest BCUT2D eigenvalue weighted by Crippen LogP contribution is -2.40. The molecule has 0 bridgehead atoms. The maximum atomic E-state index is 13.4. The second kappa shape index (κ2) is 10.1. The monoisotopic (exact) mass is 454 g/mol. The molecule has 2 N–H and O–H groups in total. The number of hydrogen-bond acceptors (Lipinski definition) is 7. The van der Waals surface area contributed by atoms with Crippen molar-refractivity contribution in [3.05, 3.63) is 53.5 Å². The predicted molar refractivity (Wildman–Crippen MR) is 121 cm³/mol. The molecule has 0 spiro atoms. The summed E-state index contributed by atoms with van der Waals surface area (Å²) in [6.45, 7) is 1.10. The molecule has 1 amide bonds. The van der Waals surface area contributed by atoms with Gasteiger partial charge in [0, 0.05) is 60.9 Å². The van der Waals surface area contributed by atoms with Crippen LogP contribution < -0.4 is 10.1 Å². The van der Waals surface area contributed by atoms with Crippen LogP contribution in [0.1, 0.15) is 54.3 Å². The highest BCUT2D eigenvalue weighted by Gasteiger charge is 2.28. The van der Waals surface area contributed by atoms with Gasteiger partial charge >= 0.3 is 0 Å². The SMILES string of the molecule is COc1ccc(C(=O)C2CCN(C(=O)CCCC3=NC(O)c4cc(F)ccc4N3)CC2)cn1. The van der Waals surface area contributed by atoms with Crippen LogP contribution in [0.25, 0.3) is 0 Å². The molecule has 4 rings (SSSR count). The lowest BCUT2D eigenvalue weighted by atomic mass is 9.89. The van der Waals surface area contributed by atoms with Gasteiger partial charge in [-0.05, 0) is 43.5 Å². The summed E-state index contributed by atoms with van der Waals surface area (Å²) in [5.41, 5.74) is 1.59. The van der Waals surface area contributed by atoms with E-state index in [0.717, 1.165) is 0 Å². The average Bonchev–Trinajstić information content (AvgIpc) is 2.84. The minimum Gasteiger partial charge on any atom is -0.481 e. The Morgan fingerprint density at radius 3 is 2.73 bits per heavy atom. The lowest BCUT2D eigenvalue weighted by Gasteiger charge is -2.31. The van der Waals surface area contributed by atoms with E-state index in [-0.39, 0.29) is 17.6 Å². The van der Waals surface area contributed by atoms with Gasteiger partial charge in [-0.15, -0.1) is 0 Å². The minimum atomic E-state index is -1.11. The Balaban J connectivity index is 1.22. The van der Waals surface area contributed by atoms with E-state index in [1.807, 2.05) is 0 Å². The van der Waals surface area contributed by atoms with Crippen molar-refractivity contribution in [1.82, 2.24) is 9.88 Å². The number of anilines is 1. The van der Waals surface area contributed by atoms with Crippen molar-refractivity contribution >= 4 is 23.2 Å². The van der Waals surface area contributed by atoms with Gasteiger partial charge < -0.3 is 20.1 Å². The second-order valence-electron chi connectivity index (χ2n) is 8.27. The number of carbonyl (C=O) groups is 2. The summed E-state index contributed by atoms with van der Waals surface area (Å²) in [5.74, 6) is 0.603. The van der Waals surface area contributed by atoms with E-state index in [1.165, 1.54) is 25.4 Å². The number of methoxy groups -OCH3 is 1. The Morgan fingerprint density at radius 1 is 1.24 bits per heavy atom. The van der Waals surface area contributed by atoms with Crippen molar-refractivity contribution in [3.8, 4) is 5.88 Å². The van der Waals surface area contributed by atoms with Crippen LogP contribution in [0.3, 0.4) is 0 Å². The summed E-state index contributed by atoms with van der Waals surface area (Å²) in [6, 6.07) is 7.55. The van der Waals surface area contributed by atoms with Gasteiger partial charge in [-0.2, -0.15) is 0 Å². The molecule has 0 saturated carbocycles. The fourth-order valence-corrected chi connectivity index (χ4v) is 4.23. The van der Waals surface area contributed by atoms with E-state index >= 15 is 0 Å². The summed E-state index contributed by atoms with van der Waals surface area (Å²) in [4.78, 5) is 35.4. The molecule has 2 aromatic rings. The highest BCUT2D eigenvalue weighted by atomic mass is 19.1. The number of likely N-dealkylation sites (tertiary alicyclic amines) is 1. The number of aliphatic hydroxyl groups is 1. The number of ketones is 1. The topological polar surface area (TPSA) is 104 Å². The molecule has 9 heteroatoms. The molecule has 3 heterocycles. The summed E-state index contributed by atoms with van der Waals surface area (Å²) in [5, 5.41) is 13.2. The van der Waals surface area contributed by atoms with E-state index in [1.54, 1.807) is 23.1 Å². The van der Waals surface area contributed by atoms with Crippen LogP contribution in [-0.4, -0.2) is 52.7 Å². The number of pyridine rings is 1. The quantitative estimate of drug-likeness (QED) is 0.622. The highest BCUT2D eigenvalue weighted by molar-refractivity contribution is 5.98. The van der Waals surface area contributed by atoms with Crippen LogP contribution in [0.4, 0.5) is 10.1 Å². The third-order valence-corrected chi connectivity index (χ3v) is 6.10. The zero-order valence-electron chi connectivity index (χ0n) is 18.5. The molecule has 2 aliphatic rings. The van der Waals surface area contributed by atoms with E-state index in [9.17, 15) is 19.1 Å². The molecule has 0 radical (unpaired) electrons. The number of halogens is 1. The van der Waals surface area contributed by atoms with Gasteiger partial charge in [0.25, 0.3) is 0 Å². The Labute approximate surface area is 191 Å². The molecule has 1 saturated heterocycles. The van der Waals surface area contributed by atoms with E-state index in [2.05, 4.69) is 15.3 Å².